The fourth-order valence-electron chi connectivity index (χ4n) is 3.32. The molecule has 0 aliphatic carbocycles. The normalized spacial score (nSPS) is 20.2. The fourth-order valence-corrected chi connectivity index (χ4v) is 3.32. The molecule has 2 atom stereocenters. The minimum atomic E-state index is -0.487. The monoisotopic (exact) mass is 388 g/mol. The number of likely N-dealkylation sites (tertiary alicyclic amines) is 1. The summed E-state index contributed by atoms with van der Waals surface area (Å²) in [7, 11) is 3.07. The van der Waals surface area contributed by atoms with Crippen LogP contribution < -0.4 is 16.6 Å². The predicted molar refractivity (Wildman–Crippen MR) is 102 cm³/mol. The summed E-state index contributed by atoms with van der Waals surface area (Å²) in [5, 5.41) is 3.06. The van der Waals surface area contributed by atoms with Crippen LogP contribution in [0.3, 0.4) is 0 Å². The number of carbonyl (C=O) groups excluding carboxylic acids is 1. The summed E-state index contributed by atoms with van der Waals surface area (Å²) in [6.45, 7) is 7.52. The molecule has 1 amide bonds. The molecule has 0 spiro atoms. The summed E-state index contributed by atoms with van der Waals surface area (Å²) in [5.74, 6) is 0.603. The lowest BCUT2D eigenvalue weighted by molar-refractivity contribution is -0.121. The maximum Gasteiger partial charge on any atom is 0.328 e. The number of hydrogen-bond acceptors (Lipinski definition) is 5. The number of H-pyrrole nitrogens is 1. The van der Waals surface area contributed by atoms with Crippen LogP contribution in [0.2, 0.25) is 0 Å². The molecule has 1 aromatic heterocycles. The lowest BCUT2D eigenvalue weighted by Gasteiger charge is -2.23. The first kappa shape index (κ1) is 22.4. The van der Waals surface area contributed by atoms with E-state index >= 15 is 0 Å². The number of carbonyl (C=O) groups is 1. The molecule has 1 saturated heterocycles. The van der Waals surface area contributed by atoms with Crippen molar-refractivity contribution in [1.82, 2.24) is 19.8 Å². The van der Waals surface area contributed by atoms with Gasteiger partial charge in [0, 0.05) is 51.6 Å². The van der Waals surface area contributed by atoms with E-state index in [1.54, 1.807) is 7.11 Å². The molecule has 9 heteroatoms. The van der Waals surface area contributed by atoms with E-state index in [1.165, 1.54) is 13.2 Å². The smallest absolute Gasteiger partial charge is 0.328 e. The predicted octanol–water partition coefficient (Wildman–Crippen LogP) is -0.243. The van der Waals surface area contributed by atoms with Crippen molar-refractivity contribution in [3.63, 3.8) is 0 Å². The molecule has 26 heavy (non-hydrogen) atoms. The van der Waals surface area contributed by atoms with E-state index in [0.717, 1.165) is 24.2 Å². The Balaban J connectivity index is 0.00000338. The van der Waals surface area contributed by atoms with Crippen molar-refractivity contribution in [1.29, 1.82) is 0 Å². The zero-order valence-electron chi connectivity index (χ0n) is 15.8. The summed E-state index contributed by atoms with van der Waals surface area (Å²) in [4.78, 5) is 40.6. The van der Waals surface area contributed by atoms with E-state index in [9.17, 15) is 14.4 Å². The third kappa shape index (κ3) is 5.43. The molecule has 1 aromatic rings. The lowest BCUT2D eigenvalue weighted by Crippen LogP contribution is -2.44. The summed E-state index contributed by atoms with van der Waals surface area (Å²) in [6, 6.07) is 0.0518. The van der Waals surface area contributed by atoms with Crippen LogP contribution in [0, 0.1) is 11.8 Å². The van der Waals surface area contributed by atoms with Crippen LogP contribution in [-0.4, -0.2) is 59.8 Å². The largest absolute Gasteiger partial charge is 0.383 e. The Hall–Kier alpha value is -1.64. The Morgan fingerprint density at radius 1 is 1.38 bits per heavy atom. The first-order valence-electron chi connectivity index (χ1n) is 8.61. The highest BCUT2D eigenvalue weighted by molar-refractivity contribution is 5.85. The Morgan fingerprint density at radius 3 is 2.69 bits per heavy atom. The van der Waals surface area contributed by atoms with Crippen molar-refractivity contribution in [2.45, 2.75) is 26.3 Å². The number of methoxy groups -OCH3 is 1. The van der Waals surface area contributed by atoms with Crippen molar-refractivity contribution >= 4 is 18.3 Å². The maximum atomic E-state index is 12.4. The maximum absolute atomic E-state index is 12.4. The molecule has 2 rings (SSSR count). The number of rotatable bonds is 7. The van der Waals surface area contributed by atoms with Crippen LogP contribution in [0.4, 0.5) is 0 Å². The molecule has 2 N–H and O–H groups in total. The van der Waals surface area contributed by atoms with E-state index in [4.69, 9.17) is 4.74 Å². The summed E-state index contributed by atoms with van der Waals surface area (Å²) in [5.41, 5.74) is -0.638. The highest BCUT2D eigenvalue weighted by Gasteiger charge is 2.35. The third-order valence-electron chi connectivity index (χ3n) is 4.86. The van der Waals surface area contributed by atoms with Gasteiger partial charge in [-0.1, -0.05) is 13.8 Å². The summed E-state index contributed by atoms with van der Waals surface area (Å²) in [6.07, 6.45) is 1.28. The highest BCUT2D eigenvalue weighted by Crippen LogP contribution is 2.24. The second-order valence-corrected chi connectivity index (χ2v) is 6.99. The minimum Gasteiger partial charge on any atom is -0.383 e. The number of aromatic amines is 1. The van der Waals surface area contributed by atoms with Crippen LogP contribution in [0.25, 0.3) is 0 Å². The van der Waals surface area contributed by atoms with Gasteiger partial charge in [0.15, 0.2) is 0 Å². The Labute approximate surface area is 159 Å². The molecule has 1 aliphatic heterocycles. The number of nitrogens with zero attached hydrogens (tertiary/aromatic N) is 2. The Morgan fingerprint density at radius 2 is 2.08 bits per heavy atom. The second kappa shape index (κ2) is 9.89. The molecule has 0 bridgehead atoms. The van der Waals surface area contributed by atoms with Crippen LogP contribution in [0.15, 0.2) is 15.8 Å². The van der Waals surface area contributed by atoms with Gasteiger partial charge in [0.25, 0.3) is 5.56 Å². The number of halogens is 1. The molecule has 0 unspecified atom stereocenters. The first-order chi connectivity index (χ1) is 11.8. The standard InChI is InChI=1S/C17H28N4O4.ClH/c1-11(2)13-9-21(5-6-25-4)10-14(13)19-15(22)7-12-8-18-17(24)20(3)16(12)23;/h8,11,13-14H,5-7,9-10H2,1-4H3,(H,18,24)(H,19,22);1H/t13-,14+;/m1./s1. The van der Waals surface area contributed by atoms with Gasteiger partial charge in [0.05, 0.1) is 13.0 Å². The average molecular weight is 389 g/mol. The molecule has 0 aromatic carbocycles. The van der Waals surface area contributed by atoms with Gasteiger partial charge in [0.2, 0.25) is 5.91 Å². The van der Waals surface area contributed by atoms with Crippen LogP contribution in [-0.2, 0) is 23.0 Å². The van der Waals surface area contributed by atoms with Crippen molar-refractivity contribution in [3.05, 3.63) is 32.6 Å². The van der Waals surface area contributed by atoms with Gasteiger partial charge in [-0.25, -0.2) is 4.79 Å². The summed E-state index contributed by atoms with van der Waals surface area (Å²) >= 11 is 0. The zero-order chi connectivity index (χ0) is 18.6. The van der Waals surface area contributed by atoms with Gasteiger partial charge in [-0.3, -0.25) is 19.1 Å². The van der Waals surface area contributed by atoms with E-state index in [1.807, 2.05) is 0 Å². The Bertz CT molecular complexity index is 715. The van der Waals surface area contributed by atoms with Crippen LogP contribution in [0.5, 0.6) is 0 Å². The number of aromatic nitrogens is 2. The van der Waals surface area contributed by atoms with E-state index in [-0.39, 0.29) is 36.3 Å². The minimum absolute atomic E-state index is 0. The molecule has 1 fully saturated rings. The quantitative estimate of drug-likeness (QED) is 0.671. The van der Waals surface area contributed by atoms with Gasteiger partial charge >= 0.3 is 5.69 Å². The second-order valence-electron chi connectivity index (χ2n) is 6.99. The summed E-state index contributed by atoms with van der Waals surface area (Å²) < 4.78 is 6.11. The van der Waals surface area contributed by atoms with Crippen molar-refractivity contribution < 1.29 is 9.53 Å². The van der Waals surface area contributed by atoms with Crippen molar-refractivity contribution in [2.24, 2.45) is 18.9 Å². The van der Waals surface area contributed by atoms with Crippen LogP contribution >= 0.6 is 12.4 Å². The molecule has 8 nitrogen and oxygen atoms in total. The average Bonchev–Trinajstić information content (AvgIpc) is 2.96. The number of amides is 1. The molecule has 148 valence electrons. The van der Waals surface area contributed by atoms with Gasteiger partial charge in [-0.15, -0.1) is 12.4 Å². The van der Waals surface area contributed by atoms with E-state index in [0.29, 0.717) is 18.4 Å². The topological polar surface area (TPSA) is 96.4 Å². The van der Waals surface area contributed by atoms with Crippen molar-refractivity contribution in [3.8, 4) is 0 Å². The highest BCUT2D eigenvalue weighted by atomic mass is 35.5. The van der Waals surface area contributed by atoms with Gasteiger partial charge < -0.3 is 15.0 Å². The SMILES string of the molecule is COCCN1C[C@H](NC(=O)Cc2c[nH]c(=O)n(C)c2=O)[C@@H](C(C)C)C1.Cl. The third-order valence-corrected chi connectivity index (χ3v) is 4.86. The van der Waals surface area contributed by atoms with Crippen LogP contribution in [0.1, 0.15) is 19.4 Å². The Kier molecular flexibility index (Phi) is 8.52. The number of ether oxygens (including phenoxy) is 1. The zero-order valence-corrected chi connectivity index (χ0v) is 16.6. The number of hydrogen-bond donors (Lipinski definition) is 2. The number of nitrogens with one attached hydrogen (secondary N) is 2. The fraction of sp³-hybridized carbons (Fsp3) is 0.706. The van der Waals surface area contributed by atoms with E-state index < -0.39 is 11.2 Å². The van der Waals surface area contributed by atoms with Crippen molar-refractivity contribution in [2.75, 3.05) is 33.4 Å². The van der Waals surface area contributed by atoms with E-state index in [2.05, 4.69) is 29.0 Å². The first-order valence-corrected chi connectivity index (χ1v) is 8.61. The lowest BCUT2D eigenvalue weighted by atomic mass is 9.91. The molecular weight excluding hydrogens is 360 g/mol. The van der Waals surface area contributed by atoms with Gasteiger partial charge in [0.1, 0.15) is 0 Å². The van der Waals surface area contributed by atoms with Gasteiger partial charge in [-0.05, 0) is 11.8 Å². The molecule has 0 saturated carbocycles. The molecule has 2 heterocycles. The van der Waals surface area contributed by atoms with Gasteiger partial charge in [-0.2, -0.15) is 0 Å². The molecule has 1 aliphatic rings. The molecule has 0 radical (unpaired) electrons. The molecular formula is C17H29ClN4O4.